The van der Waals surface area contributed by atoms with Crippen molar-refractivity contribution in [3.8, 4) is 0 Å². The lowest BCUT2D eigenvalue weighted by atomic mass is 10.2. The van der Waals surface area contributed by atoms with Gasteiger partial charge in [-0.1, -0.05) is 0 Å². The van der Waals surface area contributed by atoms with Crippen molar-refractivity contribution in [2.45, 2.75) is 12.8 Å². The molecule has 1 heterocycles. The van der Waals surface area contributed by atoms with Gasteiger partial charge in [-0.3, -0.25) is 10.1 Å². The van der Waals surface area contributed by atoms with Crippen LogP contribution in [0.2, 0.25) is 0 Å². The van der Waals surface area contributed by atoms with Gasteiger partial charge in [0, 0.05) is 18.4 Å². The molecule has 0 radical (unpaired) electrons. The van der Waals surface area contributed by atoms with Gasteiger partial charge < -0.3 is 10.8 Å². The lowest BCUT2D eigenvalue weighted by Crippen LogP contribution is -2.01. The van der Waals surface area contributed by atoms with Gasteiger partial charge in [0.1, 0.15) is 0 Å². The molecule has 0 aromatic carbocycles. The monoisotopic (exact) mass is 197 g/mol. The molecule has 1 aromatic rings. The minimum absolute atomic E-state index is 0.0680. The number of pyridine rings is 1. The summed E-state index contributed by atoms with van der Waals surface area (Å²) in [5.74, 6) is -0.0783. The topological polar surface area (TPSA) is 102 Å². The molecule has 0 saturated carbocycles. The van der Waals surface area contributed by atoms with E-state index in [0.29, 0.717) is 18.5 Å². The molecule has 0 saturated heterocycles. The van der Waals surface area contributed by atoms with Crippen molar-refractivity contribution in [1.29, 1.82) is 0 Å². The first-order valence-corrected chi connectivity index (χ1v) is 4.16. The third-order valence-corrected chi connectivity index (χ3v) is 1.75. The van der Waals surface area contributed by atoms with Crippen LogP contribution in [0.4, 0.5) is 11.5 Å². The Morgan fingerprint density at radius 3 is 2.79 bits per heavy atom. The number of hydrogen-bond donors (Lipinski definition) is 2. The maximum Gasteiger partial charge on any atom is 0.311 e. The zero-order chi connectivity index (χ0) is 10.6. The van der Waals surface area contributed by atoms with Crippen LogP contribution < -0.4 is 5.73 Å². The van der Waals surface area contributed by atoms with Gasteiger partial charge in [0.05, 0.1) is 4.92 Å². The van der Waals surface area contributed by atoms with E-state index in [1.165, 1.54) is 6.07 Å². The van der Waals surface area contributed by atoms with Crippen LogP contribution in [0.1, 0.15) is 12.1 Å². The Labute approximate surface area is 80.5 Å². The van der Waals surface area contributed by atoms with Crippen LogP contribution in [-0.4, -0.2) is 21.6 Å². The Bertz CT molecular complexity index is 341. The molecule has 3 N–H and O–H groups in total. The molecule has 0 aliphatic heterocycles. The molecular formula is C8H11N3O3. The van der Waals surface area contributed by atoms with Crippen molar-refractivity contribution < 1.29 is 10.0 Å². The van der Waals surface area contributed by atoms with E-state index in [1.807, 2.05) is 0 Å². The quantitative estimate of drug-likeness (QED) is 0.540. The van der Waals surface area contributed by atoms with Crippen LogP contribution in [0, 0.1) is 10.1 Å². The lowest BCUT2D eigenvalue weighted by Gasteiger charge is -2.00. The molecule has 1 rings (SSSR count). The summed E-state index contributed by atoms with van der Waals surface area (Å²) in [7, 11) is 0. The second-order valence-corrected chi connectivity index (χ2v) is 2.79. The largest absolute Gasteiger partial charge is 0.396 e. The molecule has 1 aromatic heterocycles. The van der Waals surface area contributed by atoms with E-state index in [4.69, 9.17) is 10.8 Å². The number of nitrogen functional groups attached to an aromatic ring is 1. The molecule has 0 unspecified atom stereocenters. The maximum absolute atomic E-state index is 10.4. The van der Waals surface area contributed by atoms with Crippen LogP contribution in [0.3, 0.4) is 0 Å². The van der Waals surface area contributed by atoms with Crippen LogP contribution in [-0.2, 0) is 6.42 Å². The van der Waals surface area contributed by atoms with Crippen molar-refractivity contribution >= 4 is 11.5 Å². The number of aromatic nitrogens is 1. The summed E-state index contributed by atoms with van der Waals surface area (Å²) in [6.45, 7) is 0.0680. The van der Waals surface area contributed by atoms with Gasteiger partial charge in [-0.25, -0.2) is 4.98 Å². The van der Waals surface area contributed by atoms with E-state index in [9.17, 15) is 10.1 Å². The Morgan fingerprint density at radius 1 is 1.57 bits per heavy atom. The first-order chi connectivity index (χ1) is 6.65. The van der Waals surface area contributed by atoms with Crippen LogP contribution in [0.5, 0.6) is 0 Å². The maximum atomic E-state index is 10.4. The first-order valence-electron chi connectivity index (χ1n) is 4.16. The highest BCUT2D eigenvalue weighted by molar-refractivity contribution is 5.52. The van der Waals surface area contributed by atoms with Crippen LogP contribution in [0.15, 0.2) is 12.1 Å². The van der Waals surface area contributed by atoms with Gasteiger partial charge in [-0.05, 0) is 18.9 Å². The fourth-order valence-electron chi connectivity index (χ4n) is 1.06. The normalized spacial score (nSPS) is 10.1. The minimum Gasteiger partial charge on any atom is -0.396 e. The predicted molar refractivity (Wildman–Crippen MR) is 50.7 cm³/mol. The average molecular weight is 197 g/mol. The summed E-state index contributed by atoms with van der Waals surface area (Å²) in [6, 6.07) is 2.87. The molecule has 6 heteroatoms. The van der Waals surface area contributed by atoms with E-state index in [1.54, 1.807) is 6.07 Å². The van der Waals surface area contributed by atoms with E-state index < -0.39 is 4.92 Å². The third kappa shape index (κ3) is 2.40. The van der Waals surface area contributed by atoms with Gasteiger partial charge in [-0.2, -0.15) is 0 Å². The Morgan fingerprint density at radius 2 is 2.29 bits per heavy atom. The molecule has 0 spiro atoms. The number of aryl methyl sites for hydroxylation is 1. The lowest BCUT2D eigenvalue weighted by molar-refractivity contribution is -0.384. The molecule has 0 aliphatic carbocycles. The smallest absolute Gasteiger partial charge is 0.311 e. The Hall–Kier alpha value is -1.69. The number of nitrogens with zero attached hydrogens (tertiary/aromatic N) is 2. The van der Waals surface area contributed by atoms with E-state index in [2.05, 4.69) is 4.98 Å². The molecule has 76 valence electrons. The molecule has 14 heavy (non-hydrogen) atoms. The van der Waals surface area contributed by atoms with Crippen molar-refractivity contribution in [3.63, 3.8) is 0 Å². The SMILES string of the molecule is Nc1nc(CCCO)ccc1[N+](=O)[O-]. The molecule has 6 nitrogen and oxygen atoms in total. The zero-order valence-electron chi connectivity index (χ0n) is 7.51. The highest BCUT2D eigenvalue weighted by Crippen LogP contribution is 2.18. The highest BCUT2D eigenvalue weighted by Gasteiger charge is 2.12. The fraction of sp³-hybridized carbons (Fsp3) is 0.375. The Kier molecular flexibility index (Phi) is 3.35. The molecule has 0 amide bonds. The van der Waals surface area contributed by atoms with Crippen molar-refractivity contribution in [2.75, 3.05) is 12.3 Å². The summed E-state index contributed by atoms with van der Waals surface area (Å²) < 4.78 is 0. The number of nitrogens with two attached hydrogens (primary N) is 1. The summed E-state index contributed by atoms with van der Waals surface area (Å²) in [4.78, 5) is 13.7. The number of aliphatic hydroxyl groups is 1. The number of aliphatic hydroxyl groups excluding tert-OH is 1. The summed E-state index contributed by atoms with van der Waals surface area (Å²) in [6.07, 6.45) is 1.14. The highest BCUT2D eigenvalue weighted by atomic mass is 16.6. The molecule has 0 aliphatic rings. The second kappa shape index (κ2) is 4.52. The molecule has 0 bridgehead atoms. The predicted octanol–water partition coefficient (Wildman–Crippen LogP) is 0.497. The Balaban J connectivity index is 2.83. The van der Waals surface area contributed by atoms with E-state index in [0.717, 1.165) is 0 Å². The molecular weight excluding hydrogens is 186 g/mol. The van der Waals surface area contributed by atoms with Crippen LogP contribution >= 0.6 is 0 Å². The number of hydrogen-bond acceptors (Lipinski definition) is 5. The minimum atomic E-state index is -0.571. The standard InChI is InChI=1S/C8H11N3O3/c9-8-7(11(13)14)4-3-6(10-8)2-1-5-12/h3-4,12H,1-2,5H2,(H2,9,10). The first kappa shape index (κ1) is 10.4. The second-order valence-electron chi connectivity index (χ2n) is 2.79. The fourth-order valence-corrected chi connectivity index (χ4v) is 1.06. The van der Waals surface area contributed by atoms with Crippen molar-refractivity contribution in [2.24, 2.45) is 0 Å². The van der Waals surface area contributed by atoms with Gasteiger partial charge in [0.2, 0.25) is 5.82 Å². The van der Waals surface area contributed by atoms with E-state index >= 15 is 0 Å². The number of nitro groups is 1. The van der Waals surface area contributed by atoms with Crippen LogP contribution in [0.25, 0.3) is 0 Å². The molecule has 0 fully saturated rings. The summed E-state index contributed by atoms with van der Waals surface area (Å²) >= 11 is 0. The van der Waals surface area contributed by atoms with Crippen molar-refractivity contribution in [1.82, 2.24) is 4.98 Å². The number of rotatable bonds is 4. The average Bonchev–Trinajstić information content (AvgIpc) is 2.14. The zero-order valence-corrected chi connectivity index (χ0v) is 7.51. The van der Waals surface area contributed by atoms with Gasteiger partial charge >= 0.3 is 5.69 Å². The van der Waals surface area contributed by atoms with Crippen molar-refractivity contribution in [3.05, 3.63) is 27.9 Å². The van der Waals surface area contributed by atoms with Gasteiger partial charge in [0.15, 0.2) is 0 Å². The van der Waals surface area contributed by atoms with Gasteiger partial charge in [0.25, 0.3) is 0 Å². The molecule has 0 atom stereocenters. The van der Waals surface area contributed by atoms with Gasteiger partial charge in [-0.15, -0.1) is 0 Å². The summed E-state index contributed by atoms with van der Waals surface area (Å²) in [5, 5.41) is 19.0. The van der Waals surface area contributed by atoms with E-state index in [-0.39, 0.29) is 18.1 Å². The number of anilines is 1. The third-order valence-electron chi connectivity index (χ3n) is 1.75. The summed E-state index contributed by atoms with van der Waals surface area (Å²) in [5.41, 5.74) is 5.85.